The molecule has 200 valence electrons. The second kappa shape index (κ2) is 13.3. The topological polar surface area (TPSA) is 89.9 Å². The van der Waals surface area contributed by atoms with Gasteiger partial charge < -0.3 is 33.7 Å². The van der Waals surface area contributed by atoms with E-state index in [0.29, 0.717) is 55.6 Å². The van der Waals surface area contributed by atoms with Crippen LogP contribution in [0.25, 0.3) is 0 Å². The number of amides is 1. The number of carbonyl (C=O) groups is 1. The molecule has 0 bridgehead atoms. The van der Waals surface area contributed by atoms with E-state index in [-0.39, 0.29) is 30.1 Å². The number of carbonyl (C=O) groups excluding carboxylic acids is 1. The average molecular weight is 497 g/mol. The first-order chi connectivity index (χ1) is 16.5. The molecule has 0 aliphatic carbocycles. The minimum absolute atomic E-state index is 0.128. The summed E-state index contributed by atoms with van der Waals surface area (Å²) in [6.45, 7) is 13.8. The Hall–Kier alpha value is -2.07. The summed E-state index contributed by atoms with van der Waals surface area (Å²) in [6, 6.07) is 3.35. The first-order valence-corrected chi connectivity index (χ1v) is 12.2. The van der Waals surface area contributed by atoms with Crippen LogP contribution in [0.3, 0.4) is 0 Å². The van der Waals surface area contributed by atoms with Gasteiger partial charge in [0.05, 0.1) is 52.4 Å². The van der Waals surface area contributed by atoms with E-state index < -0.39 is 6.10 Å². The number of rotatable bonds is 12. The van der Waals surface area contributed by atoms with E-state index in [0.717, 1.165) is 6.54 Å². The van der Waals surface area contributed by atoms with E-state index in [1.807, 2.05) is 25.7 Å². The molecule has 2 atom stereocenters. The van der Waals surface area contributed by atoms with E-state index in [1.165, 1.54) is 21.3 Å². The highest BCUT2D eigenvalue weighted by Crippen LogP contribution is 2.38. The van der Waals surface area contributed by atoms with Crippen molar-refractivity contribution in [3.8, 4) is 17.2 Å². The molecule has 0 radical (unpaired) electrons. The number of ether oxygens (including phenoxy) is 5. The molecule has 9 nitrogen and oxygen atoms in total. The fourth-order valence-corrected chi connectivity index (χ4v) is 4.07. The van der Waals surface area contributed by atoms with Crippen molar-refractivity contribution in [1.82, 2.24) is 9.80 Å². The number of aliphatic hydroxyl groups is 1. The zero-order valence-electron chi connectivity index (χ0n) is 22.6. The predicted molar refractivity (Wildman–Crippen MR) is 135 cm³/mol. The largest absolute Gasteiger partial charge is 0.493 e. The molecule has 1 aliphatic rings. The van der Waals surface area contributed by atoms with E-state index in [9.17, 15) is 9.90 Å². The monoisotopic (exact) mass is 496 g/mol. The molecule has 1 amide bonds. The third-order valence-electron chi connectivity index (χ3n) is 5.61. The zero-order valence-corrected chi connectivity index (χ0v) is 22.6. The van der Waals surface area contributed by atoms with Crippen LogP contribution >= 0.6 is 0 Å². The van der Waals surface area contributed by atoms with Crippen LogP contribution in [-0.2, 0) is 9.47 Å². The molecule has 35 heavy (non-hydrogen) atoms. The molecule has 1 heterocycles. The van der Waals surface area contributed by atoms with Crippen molar-refractivity contribution in [3.63, 3.8) is 0 Å². The summed E-state index contributed by atoms with van der Waals surface area (Å²) in [7, 11) is 4.59. The second-order valence-electron chi connectivity index (χ2n) is 10.3. The summed E-state index contributed by atoms with van der Waals surface area (Å²) in [6.07, 6.45) is -0.746. The van der Waals surface area contributed by atoms with E-state index in [4.69, 9.17) is 23.7 Å². The summed E-state index contributed by atoms with van der Waals surface area (Å²) in [5.41, 5.74) is 0.168. The molecule has 1 aromatic carbocycles. The van der Waals surface area contributed by atoms with Crippen molar-refractivity contribution in [1.29, 1.82) is 0 Å². The average Bonchev–Trinajstić information content (AvgIpc) is 2.80. The Balaban J connectivity index is 2.12. The molecule has 1 N–H and O–H groups in total. The predicted octanol–water partition coefficient (Wildman–Crippen LogP) is 2.69. The first-order valence-electron chi connectivity index (χ1n) is 12.2. The maximum absolute atomic E-state index is 13.6. The number of morpholine rings is 1. The number of aliphatic hydroxyl groups excluding tert-OH is 1. The number of nitrogens with zero attached hydrogens (tertiary/aromatic N) is 2. The Kier molecular flexibility index (Phi) is 11.1. The molecule has 9 heteroatoms. The van der Waals surface area contributed by atoms with Crippen molar-refractivity contribution >= 4 is 5.91 Å². The Morgan fingerprint density at radius 1 is 1.17 bits per heavy atom. The lowest BCUT2D eigenvalue weighted by Crippen LogP contribution is -2.51. The fourth-order valence-electron chi connectivity index (χ4n) is 4.07. The lowest BCUT2D eigenvalue weighted by molar-refractivity contribution is -0.0783. The van der Waals surface area contributed by atoms with Gasteiger partial charge in [-0.1, -0.05) is 13.8 Å². The van der Waals surface area contributed by atoms with Gasteiger partial charge >= 0.3 is 0 Å². The molecule has 1 aromatic rings. The third kappa shape index (κ3) is 9.14. The second-order valence-corrected chi connectivity index (χ2v) is 10.3. The van der Waals surface area contributed by atoms with Crippen LogP contribution in [0.5, 0.6) is 17.2 Å². The standard InChI is InChI=1S/C26H44N2O7/c1-18(2)13-28(25(30)19-11-22(31-6)24(33-8)23(12-19)32-7)16-21-15-27(9-10-34-21)14-20(29)17-35-26(3,4)5/h11-12,18,20-21,29H,9-10,13-17H2,1-8H3/t20-,21+/m0/s1. The van der Waals surface area contributed by atoms with Crippen LogP contribution in [0.1, 0.15) is 45.0 Å². The van der Waals surface area contributed by atoms with Crippen LogP contribution in [0.4, 0.5) is 0 Å². The minimum atomic E-state index is -0.583. The molecular formula is C26H44N2O7. The highest BCUT2D eigenvalue weighted by molar-refractivity contribution is 5.95. The highest BCUT2D eigenvalue weighted by Gasteiger charge is 2.28. The van der Waals surface area contributed by atoms with Crippen LogP contribution < -0.4 is 14.2 Å². The maximum Gasteiger partial charge on any atom is 0.254 e. The van der Waals surface area contributed by atoms with Crippen molar-refractivity contribution < 1.29 is 33.6 Å². The van der Waals surface area contributed by atoms with Crippen molar-refractivity contribution in [3.05, 3.63) is 17.7 Å². The van der Waals surface area contributed by atoms with Gasteiger partial charge in [-0.3, -0.25) is 9.69 Å². The lowest BCUT2D eigenvalue weighted by Gasteiger charge is -2.37. The zero-order chi connectivity index (χ0) is 26.2. The van der Waals surface area contributed by atoms with Gasteiger partial charge in [-0.25, -0.2) is 0 Å². The molecule has 1 saturated heterocycles. The van der Waals surface area contributed by atoms with Gasteiger partial charge in [-0.2, -0.15) is 0 Å². The van der Waals surface area contributed by atoms with Crippen molar-refractivity contribution in [2.45, 2.75) is 52.4 Å². The quantitative estimate of drug-likeness (QED) is 0.473. The van der Waals surface area contributed by atoms with Gasteiger partial charge in [0.1, 0.15) is 0 Å². The Morgan fingerprint density at radius 3 is 2.31 bits per heavy atom. The Bertz CT molecular complexity index is 784. The summed E-state index contributed by atoms with van der Waals surface area (Å²) in [5, 5.41) is 10.4. The van der Waals surface area contributed by atoms with Crippen LogP contribution in [-0.4, -0.2) is 106 Å². The van der Waals surface area contributed by atoms with Crippen LogP contribution in [0.15, 0.2) is 12.1 Å². The Labute approximate surface area is 210 Å². The molecule has 1 fully saturated rings. The van der Waals surface area contributed by atoms with Gasteiger partial charge in [0.2, 0.25) is 5.75 Å². The van der Waals surface area contributed by atoms with Crippen LogP contribution in [0, 0.1) is 5.92 Å². The number of β-amino-alcohol motifs (C(OH)–C–C–N with tert-alkyl or cyclic N) is 1. The van der Waals surface area contributed by atoms with E-state index in [1.54, 1.807) is 12.1 Å². The smallest absolute Gasteiger partial charge is 0.254 e. The lowest BCUT2D eigenvalue weighted by atomic mass is 10.1. The number of methoxy groups -OCH3 is 3. The number of hydrogen-bond donors (Lipinski definition) is 1. The summed E-state index contributed by atoms with van der Waals surface area (Å²) < 4.78 is 28.0. The molecule has 0 saturated carbocycles. The minimum Gasteiger partial charge on any atom is -0.493 e. The van der Waals surface area contributed by atoms with Gasteiger partial charge in [0, 0.05) is 38.3 Å². The summed E-state index contributed by atoms with van der Waals surface area (Å²) in [5.74, 6) is 1.47. The molecule has 0 unspecified atom stereocenters. The van der Waals surface area contributed by atoms with Crippen LogP contribution in [0.2, 0.25) is 0 Å². The molecular weight excluding hydrogens is 452 g/mol. The normalized spacial score (nSPS) is 17.8. The van der Waals surface area contributed by atoms with Gasteiger partial charge in [0.15, 0.2) is 11.5 Å². The third-order valence-corrected chi connectivity index (χ3v) is 5.61. The Morgan fingerprint density at radius 2 is 1.80 bits per heavy atom. The van der Waals surface area contributed by atoms with Gasteiger partial charge in [-0.15, -0.1) is 0 Å². The number of benzene rings is 1. The summed E-state index contributed by atoms with van der Waals surface area (Å²) in [4.78, 5) is 17.6. The molecule has 0 spiro atoms. The molecule has 1 aliphatic heterocycles. The SMILES string of the molecule is COc1cc(C(=O)N(CC(C)C)C[C@H]2CN(C[C@H](O)COC(C)(C)C)CCO2)cc(OC)c1OC. The summed E-state index contributed by atoms with van der Waals surface area (Å²) >= 11 is 0. The van der Waals surface area contributed by atoms with Gasteiger partial charge in [-0.05, 0) is 38.8 Å². The van der Waals surface area contributed by atoms with Gasteiger partial charge in [0.25, 0.3) is 5.91 Å². The fraction of sp³-hybridized carbons (Fsp3) is 0.731. The van der Waals surface area contributed by atoms with Crippen molar-refractivity contribution in [2.75, 3.05) is 67.3 Å². The maximum atomic E-state index is 13.6. The highest BCUT2D eigenvalue weighted by atomic mass is 16.5. The number of hydrogen-bond acceptors (Lipinski definition) is 8. The van der Waals surface area contributed by atoms with Crippen molar-refractivity contribution in [2.24, 2.45) is 5.92 Å². The molecule has 2 rings (SSSR count). The van der Waals surface area contributed by atoms with E-state index in [2.05, 4.69) is 18.7 Å². The van der Waals surface area contributed by atoms with E-state index >= 15 is 0 Å². The molecule has 0 aromatic heterocycles. The first kappa shape index (κ1) is 29.2.